The highest BCUT2D eigenvalue weighted by atomic mass is 32.2. The summed E-state index contributed by atoms with van der Waals surface area (Å²) >= 11 is 1.52. The lowest BCUT2D eigenvalue weighted by Gasteiger charge is -2.27. The smallest absolute Gasteiger partial charge is 0.260 e. The van der Waals surface area contributed by atoms with E-state index >= 15 is 0 Å². The average molecular weight is 545 g/mol. The summed E-state index contributed by atoms with van der Waals surface area (Å²) in [4.78, 5) is 22.9. The number of nitrogens with zero attached hydrogens (tertiary/aromatic N) is 4. The van der Waals surface area contributed by atoms with Gasteiger partial charge >= 0.3 is 0 Å². The molecule has 4 rings (SSSR count). The maximum Gasteiger partial charge on any atom is 0.260 e. The first kappa shape index (κ1) is 27.7. The van der Waals surface area contributed by atoms with Gasteiger partial charge in [-0.15, -0.1) is 0 Å². The molecule has 3 aromatic rings. The number of aromatic nitrogens is 1. The predicted molar refractivity (Wildman–Crippen MR) is 149 cm³/mol. The number of sulfonamides is 1. The Kier molecular flexibility index (Phi) is 8.97. The molecule has 0 unspecified atom stereocenters. The van der Waals surface area contributed by atoms with Crippen molar-refractivity contribution in [1.82, 2.24) is 14.2 Å². The third kappa shape index (κ3) is 6.21. The van der Waals surface area contributed by atoms with Crippen molar-refractivity contribution in [3.63, 3.8) is 0 Å². The van der Waals surface area contributed by atoms with E-state index in [4.69, 9.17) is 9.72 Å². The number of thiazole rings is 1. The Labute approximate surface area is 223 Å². The molecule has 1 aromatic heterocycles. The first-order chi connectivity index (χ1) is 17.7. The number of amides is 1. The van der Waals surface area contributed by atoms with Crippen molar-refractivity contribution in [3.8, 4) is 0 Å². The fraction of sp³-hybridized carbons (Fsp3) is 0.481. The molecule has 0 aliphatic carbocycles. The Morgan fingerprint density at radius 1 is 1.08 bits per heavy atom. The first-order valence-corrected chi connectivity index (χ1v) is 15.1. The van der Waals surface area contributed by atoms with Crippen LogP contribution >= 0.6 is 11.3 Å². The van der Waals surface area contributed by atoms with Crippen LogP contribution in [0, 0.1) is 13.8 Å². The van der Waals surface area contributed by atoms with Crippen LogP contribution in [-0.4, -0.2) is 81.0 Å². The van der Waals surface area contributed by atoms with Crippen LogP contribution in [0.3, 0.4) is 0 Å². The van der Waals surface area contributed by atoms with E-state index < -0.39 is 10.0 Å². The van der Waals surface area contributed by atoms with Crippen molar-refractivity contribution >= 4 is 42.6 Å². The quantitative estimate of drug-likeness (QED) is 0.378. The van der Waals surface area contributed by atoms with E-state index in [1.807, 2.05) is 26.8 Å². The Morgan fingerprint density at radius 2 is 1.76 bits per heavy atom. The Morgan fingerprint density at radius 3 is 2.41 bits per heavy atom. The molecule has 0 radical (unpaired) electrons. The van der Waals surface area contributed by atoms with Crippen LogP contribution in [0.5, 0.6) is 0 Å². The van der Waals surface area contributed by atoms with Gasteiger partial charge in [0.05, 0.1) is 28.3 Å². The van der Waals surface area contributed by atoms with Gasteiger partial charge in [0.25, 0.3) is 5.91 Å². The van der Waals surface area contributed by atoms with Crippen molar-refractivity contribution in [3.05, 3.63) is 53.1 Å². The lowest BCUT2D eigenvalue weighted by Crippen LogP contribution is -2.39. The van der Waals surface area contributed by atoms with E-state index in [9.17, 15) is 13.2 Å². The van der Waals surface area contributed by atoms with E-state index in [1.54, 1.807) is 17.0 Å². The zero-order valence-corrected chi connectivity index (χ0v) is 23.7. The van der Waals surface area contributed by atoms with Crippen LogP contribution in [0.1, 0.15) is 41.8 Å². The molecule has 8 nitrogen and oxygen atoms in total. The Hall–Kier alpha value is -2.37. The van der Waals surface area contributed by atoms with Crippen molar-refractivity contribution in [1.29, 1.82) is 0 Å². The molecule has 0 spiro atoms. The second-order valence-corrected chi connectivity index (χ2v) is 12.2. The van der Waals surface area contributed by atoms with E-state index in [1.165, 1.54) is 27.8 Å². The molecule has 1 aliphatic rings. The number of fused-ring (bicyclic) bond motifs is 1. The number of benzene rings is 2. The largest absolute Gasteiger partial charge is 0.379 e. The Balaban J connectivity index is 1.61. The molecule has 0 atom stereocenters. The summed E-state index contributed by atoms with van der Waals surface area (Å²) in [6, 6.07) is 10.4. The summed E-state index contributed by atoms with van der Waals surface area (Å²) in [5.41, 5.74) is 3.61. The lowest BCUT2D eigenvalue weighted by molar-refractivity contribution is 0.0376. The molecule has 37 heavy (non-hydrogen) atoms. The molecule has 2 heterocycles. The summed E-state index contributed by atoms with van der Waals surface area (Å²) < 4.78 is 33.7. The van der Waals surface area contributed by atoms with Gasteiger partial charge < -0.3 is 4.74 Å². The molecule has 1 aliphatic heterocycles. The minimum atomic E-state index is -3.59. The van der Waals surface area contributed by atoms with Crippen molar-refractivity contribution in [2.24, 2.45) is 0 Å². The second kappa shape index (κ2) is 12.0. The van der Waals surface area contributed by atoms with Crippen LogP contribution in [0.15, 0.2) is 41.3 Å². The predicted octanol–water partition coefficient (Wildman–Crippen LogP) is 4.31. The maximum absolute atomic E-state index is 13.8. The number of ether oxygens (including phenoxy) is 1. The van der Waals surface area contributed by atoms with Gasteiger partial charge in [-0.3, -0.25) is 14.6 Å². The monoisotopic (exact) mass is 544 g/mol. The van der Waals surface area contributed by atoms with Gasteiger partial charge in [-0.2, -0.15) is 4.31 Å². The SMILES string of the molecule is CCN(CC)S(=O)(=O)c1ccc(C(=O)N(CCCN2CCOCC2)c2nc3cc(C)cc(C)c3s2)cc1. The van der Waals surface area contributed by atoms with Gasteiger partial charge in [0.15, 0.2) is 5.13 Å². The summed E-state index contributed by atoms with van der Waals surface area (Å²) in [6.45, 7) is 13.2. The van der Waals surface area contributed by atoms with Crippen LogP contribution in [0.4, 0.5) is 5.13 Å². The summed E-state index contributed by atoms with van der Waals surface area (Å²) in [6.07, 6.45) is 0.800. The summed E-state index contributed by atoms with van der Waals surface area (Å²) in [5, 5.41) is 0.663. The number of carbonyl (C=O) groups excluding carboxylic acids is 1. The minimum Gasteiger partial charge on any atom is -0.379 e. The molecule has 1 amide bonds. The molecule has 200 valence electrons. The van der Waals surface area contributed by atoms with E-state index in [2.05, 4.69) is 17.9 Å². The van der Waals surface area contributed by atoms with Gasteiger partial charge in [0, 0.05) is 44.8 Å². The third-order valence-electron chi connectivity index (χ3n) is 6.69. The number of anilines is 1. The standard InChI is InChI=1S/C27H36N4O4S2/c1-5-30(6-2)37(33,34)23-10-8-22(9-11-23)26(32)31(13-7-12-29-14-16-35-17-15-29)27-28-24-19-20(3)18-21(4)25(24)36-27/h8-11,18-19H,5-7,12-17H2,1-4H3. The fourth-order valence-corrected chi connectivity index (χ4v) is 7.18. The summed E-state index contributed by atoms with van der Waals surface area (Å²) in [5.74, 6) is -0.179. The van der Waals surface area contributed by atoms with Gasteiger partial charge in [-0.25, -0.2) is 13.4 Å². The number of carbonyl (C=O) groups is 1. The van der Waals surface area contributed by atoms with Crippen molar-refractivity contribution < 1.29 is 17.9 Å². The zero-order chi connectivity index (χ0) is 26.6. The average Bonchev–Trinajstić information content (AvgIpc) is 3.31. The highest BCUT2D eigenvalue weighted by Crippen LogP contribution is 2.33. The molecule has 10 heteroatoms. The number of morpholine rings is 1. The third-order valence-corrected chi connectivity index (χ3v) is 9.98. The maximum atomic E-state index is 13.8. The molecule has 1 saturated heterocycles. The first-order valence-electron chi connectivity index (χ1n) is 12.8. The Bertz CT molecular complexity index is 1330. The molecule has 1 fully saturated rings. The molecular weight excluding hydrogens is 508 g/mol. The van der Waals surface area contributed by atoms with Gasteiger partial charge in [0.1, 0.15) is 0 Å². The van der Waals surface area contributed by atoms with Crippen LogP contribution in [0.2, 0.25) is 0 Å². The minimum absolute atomic E-state index is 0.179. The highest BCUT2D eigenvalue weighted by Gasteiger charge is 2.25. The number of rotatable bonds is 10. The number of hydrogen-bond acceptors (Lipinski definition) is 7. The zero-order valence-electron chi connectivity index (χ0n) is 22.1. The number of aryl methyl sites for hydroxylation is 2. The van der Waals surface area contributed by atoms with Gasteiger partial charge in [-0.1, -0.05) is 31.3 Å². The van der Waals surface area contributed by atoms with Gasteiger partial charge in [0.2, 0.25) is 10.0 Å². The van der Waals surface area contributed by atoms with Crippen molar-refractivity contribution in [2.45, 2.75) is 39.0 Å². The van der Waals surface area contributed by atoms with Crippen LogP contribution in [0.25, 0.3) is 10.2 Å². The van der Waals surface area contributed by atoms with Crippen LogP contribution < -0.4 is 4.90 Å². The molecule has 0 N–H and O–H groups in total. The summed E-state index contributed by atoms with van der Waals surface area (Å²) in [7, 11) is -3.59. The number of hydrogen-bond donors (Lipinski definition) is 0. The van der Waals surface area contributed by atoms with Crippen LogP contribution in [-0.2, 0) is 14.8 Å². The van der Waals surface area contributed by atoms with E-state index in [0.29, 0.717) is 30.3 Å². The van der Waals surface area contributed by atoms with Gasteiger partial charge in [-0.05, 0) is 61.7 Å². The molecule has 0 bridgehead atoms. The molecular formula is C27H36N4O4S2. The lowest BCUT2D eigenvalue weighted by atomic mass is 10.1. The normalized spacial score (nSPS) is 14.9. The topological polar surface area (TPSA) is 83.1 Å². The highest BCUT2D eigenvalue weighted by molar-refractivity contribution is 7.89. The molecule has 2 aromatic carbocycles. The fourth-order valence-electron chi connectivity index (χ4n) is 4.68. The van der Waals surface area contributed by atoms with Crippen molar-refractivity contribution in [2.75, 3.05) is 57.4 Å². The second-order valence-electron chi connectivity index (χ2n) is 9.30. The molecule has 0 saturated carbocycles. The van der Waals surface area contributed by atoms with E-state index in [-0.39, 0.29) is 10.8 Å². The van der Waals surface area contributed by atoms with E-state index in [0.717, 1.165) is 60.6 Å².